The van der Waals surface area contributed by atoms with E-state index in [2.05, 4.69) is 400 Å². The van der Waals surface area contributed by atoms with Crippen molar-refractivity contribution in [1.82, 2.24) is 43.2 Å². The number of benzene rings is 18. The van der Waals surface area contributed by atoms with Gasteiger partial charge in [0.15, 0.2) is 23.3 Å². The summed E-state index contributed by atoms with van der Waals surface area (Å²) in [6.07, 6.45) is 0. The van der Waals surface area contributed by atoms with Crippen LogP contribution in [0.1, 0.15) is 0 Å². The minimum Gasteiger partial charge on any atom is -0.309 e. The van der Waals surface area contributed by atoms with Gasteiger partial charge in [-0.3, -0.25) is 0 Å². The van der Waals surface area contributed by atoms with E-state index in [1.54, 1.807) is 0 Å². The molecule has 0 fully saturated rings. The molecule has 0 unspecified atom stereocenters. The molecule has 0 aliphatic carbocycles. The molecule has 18 aromatic carbocycles. The first kappa shape index (κ1) is 66.1. The van der Waals surface area contributed by atoms with Crippen molar-refractivity contribution in [2.45, 2.75) is 0 Å². The van der Waals surface area contributed by atoms with Gasteiger partial charge in [-0.15, -0.1) is 0 Å². The summed E-state index contributed by atoms with van der Waals surface area (Å²) in [6, 6.07) is 145. The largest absolute Gasteiger partial charge is 0.309 e. The number of hydrogen-bond acceptors (Lipinski definition) is 5. The van der Waals surface area contributed by atoms with Crippen LogP contribution in [-0.2, 0) is 0 Å². The van der Waals surface area contributed by atoms with Gasteiger partial charge in [-0.25, -0.2) is 24.9 Å². The first-order valence-corrected chi connectivity index (χ1v) is 39.3. The van der Waals surface area contributed by atoms with E-state index >= 15 is 0 Å². The molecule has 0 bridgehead atoms. The zero-order valence-corrected chi connectivity index (χ0v) is 62.7. The molecule has 116 heavy (non-hydrogen) atoms. The molecule has 6 heterocycles. The molecule has 0 amide bonds. The van der Waals surface area contributed by atoms with Crippen molar-refractivity contribution in [3.05, 3.63) is 406 Å². The number of aromatic nitrogens is 9. The van der Waals surface area contributed by atoms with Crippen LogP contribution in [0.25, 0.3) is 221 Å². The predicted molar refractivity (Wildman–Crippen MR) is 482 cm³/mol. The molecule has 24 aromatic rings. The summed E-state index contributed by atoms with van der Waals surface area (Å²) in [6.45, 7) is 0. The van der Waals surface area contributed by atoms with Gasteiger partial charge in [0.05, 0.1) is 55.5 Å². The van der Waals surface area contributed by atoms with Crippen molar-refractivity contribution in [3.63, 3.8) is 0 Å². The van der Waals surface area contributed by atoms with Crippen LogP contribution in [0.2, 0.25) is 0 Å². The Bertz CT molecular complexity index is 7600. The van der Waals surface area contributed by atoms with Gasteiger partial charge in [-0.1, -0.05) is 279 Å². The number of rotatable bonds is 10. The lowest BCUT2D eigenvalue weighted by Crippen LogP contribution is -2.00. The van der Waals surface area contributed by atoms with Crippen LogP contribution in [-0.4, -0.2) is 43.2 Å². The van der Waals surface area contributed by atoms with E-state index in [-0.39, 0.29) is 0 Å². The molecule has 9 heteroatoms. The van der Waals surface area contributed by atoms with E-state index in [0.29, 0.717) is 23.3 Å². The van der Waals surface area contributed by atoms with Crippen molar-refractivity contribution in [2.75, 3.05) is 0 Å². The molecule has 24 rings (SSSR count). The van der Waals surface area contributed by atoms with Crippen molar-refractivity contribution in [2.24, 2.45) is 0 Å². The predicted octanol–water partition coefficient (Wildman–Crippen LogP) is 27.4. The topological polar surface area (TPSA) is 84.2 Å². The Morgan fingerprint density at radius 1 is 0.138 bits per heavy atom. The Kier molecular flexibility index (Phi) is 15.4. The summed E-state index contributed by atoms with van der Waals surface area (Å²) in [4.78, 5) is 25.6. The van der Waals surface area contributed by atoms with Crippen molar-refractivity contribution in [3.8, 4) is 90.8 Å². The molecule has 0 saturated heterocycles. The van der Waals surface area contributed by atoms with E-state index < -0.39 is 0 Å². The highest BCUT2D eigenvalue weighted by Crippen LogP contribution is 2.44. The number of fused-ring (bicyclic) bond motifs is 16. The summed E-state index contributed by atoms with van der Waals surface area (Å²) in [7, 11) is 0. The van der Waals surface area contributed by atoms with Crippen LogP contribution in [0.15, 0.2) is 406 Å². The SMILES string of the molecule is c1ccc(-c2cc(-c3ccc4ccccc4c3)nc(-c3ccc4ccc(-n5c6ccccc6c6cc7c8ccccc8n(-c8ccccc8)c7cc65)cc4c3)n2)cc1.c1ccc(-c2nc(-c3ccc4ccccc4c3)nc(-c3ccc4ccc(-n5c6ccccc6c6cc7c8ccccc8n(-c8ccccc8)c7cc65)cc4c3)n2)cc1. The van der Waals surface area contributed by atoms with Crippen molar-refractivity contribution >= 4 is 130 Å². The van der Waals surface area contributed by atoms with E-state index in [1.807, 2.05) is 24.3 Å². The lowest BCUT2D eigenvalue weighted by atomic mass is 10.0. The molecule has 0 aliphatic rings. The fraction of sp³-hybridized carbons (Fsp3) is 0. The van der Waals surface area contributed by atoms with Gasteiger partial charge >= 0.3 is 0 Å². The average molecular weight is 1480 g/mol. The average Bonchev–Trinajstić information content (AvgIpc) is 1.56. The highest BCUT2D eigenvalue weighted by Gasteiger charge is 2.23. The first-order valence-electron chi connectivity index (χ1n) is 39.3. The second kappa shape index (κ2) is 27.1. The van der Waals surface area contributed by atoms with Crippen LogP contribution in [0.5, 0.6) is 0 Å². The number of hydrogen-bond donors (Lipinski definition) is 0. The molecule has 0 aliphatic heterocycles. The van der Waals surface area contributed by atoms with Gasteiger partial charge in [-0.05, 0) is 170 Å². The molecule has 0 spiro atoms. The standard InChI is InChI=1S/C54H34N4.C53H33N5/c1-3-14-37(15-4-1)48-33-49(39-25-23-35-13-7-8-16-38(35)29-39)56-54(55-48)40-26-24-36-27-28-43(31-41(36)30-40)58-51-22-12-10-20-45(51)47-32-46-44-19-9-11-21-50(44)57(52(46)34-53(47)58)42-17-5-2-6-18-42;1-3-14-36(15-4-1)51-54-52(38-25-23-34-13-7-8-16-37(34)29-38)56-53(55-51)39-26-24-35-27-28-42(31-40(35)30-39)58-48-22-12-10-20-44(48)46-32-45-43-19-9-11-21-47(43)57(49(45)33-50(46)58)41-17-5-2-6-18-41/h1-34H;1-33H. The van der Waals surface area contributed by atoms with Crippen LogP contribution < -0.4 is 0 Å². The fourth-order valence-corrected chi connectivity index (χ4v) is 17.7. The fourth-order valence-electron chi connectivity index (χ4n) is 17.7. The Labute approximate surface area is 666 Å². The van der Waals surface area contributed by atoms with Gasteiger partial charge in [-0.2, -0.15) is 0 Å². The maximum atomic E-state index is 5.23. The van der Waals surface area contributed by atoms with Crippen LogP contribution in [0, 0.1) is 0 Å². The summed E-state index contributed by atoms with van der Waals surface area (Å²) in [5.74, 6) is 2.63. The molecule has 540 valence electrons. The highest BCUT2D eigenvalue weighted by atomic mass is 15.0. The van der Waals surface area contributed by atoms with Crippen LogP contribution in [0.3, 0.4) is 0 Å². The molecular formula is C107H67N9. The summed E-state index contributed by atoms with van der Waals surface area (Å²) < 4.78 is 9.63. The Morgan fingerprint density at radius 2 is 0.422 bits per heavy atom. The van der Waals surface area contributed by atoms with Crippen molar-refractivity contribution < 1.29 is 0 Å². The van der Waals surface area contributed by atoms with E-state index in [4.69, 9.17) is 24.9 Å². The smallest absolute Gasteiger partial charge is 0.164 e. The highest BCUT2D eigenvalue weighted by molar-refractivity contribution is 6.21. The summed E-state index contributed by atoms with van der Waals surface area (Å²) in [5, 5.41) is 19.2. The second-order valence-electron chi connectivity index (χ2n) is 30.0. The van der Waals surface area contributed by atoms with E-state index in [1.165, 1.54) is 97.9 Å². The Morgan fingerprint density at radius 3 is 0.836 bits per heavy atom. The van der Waals surface area contributed by atoms with E-state index in [0.717, 1.165) is 100.0 Å². The number of nitrogens with zero attached hydrogens (tertiary/aromatic N) is 9. The maximum Gasteiger partial charge on any atom is 0.164 e. The Hall–Kier alpha value is -15.7. The normalized spacial score (nSPS) is 11.8. The molecule has 0 radical (unpaired) electrons. The summed E-state index contributed by atoms with van der Waals surface area (Å²) >= 11 is 0. The third-order valence-corrected chi connectivity index (χ3v) is 23.2. The minimum absolute atomic E-state index is 0.636. The third kappa shape index (κ3) is 11.2. The van der Waals surface area contributed by atoms with Gasteiger partial charge in [0.2, 0.25) is 0 Å². The monoisotopic (exact) mass is 1480 g/mol. The molecule has 6 aromatic heterocycles. The second-order valence-corrected chi connectivity index (χ2v) is 30.0. The molecule has 0 N–H and O–H groups in total. The Balaban J connectivity index is 0.000000137. The van der Waals surface area contributed by atoms with Gasteiger partial charge in [0, 0.05) is 99.2 Å². The molecule has 9 nitrogen and oxygen atoms in total. The van der Waals surface area contributed by atoms with Crippen LogP contribution >= 0.6 is 0 Å². The zero-order valence-electron chi connectivity index (χ0n) is 62.7. The molecule has 0 atom stereocenters. The lowest BCUT2D eigenvalue weighted by molar-refractivity contribution is 1.07. The van der Waals surface area contributed by atoms with Gasteiger partial charge in [0.25, 0.3) is 0 Å². The lowest BCUT2D eigenvalue weighted by Gasteiger charge is -2.12. The molecular weight excluding hydrogens is 1410 g/mol. The maximum absolute atomic E-state index is 5.23. The van der Waals surface area contributed by atoms with Crippen LogP contribution in [0.4, 0.5) is 0 Å². The minimum atomic E-state index is 0.636. The molecule has 0 saturated carbocycles. The summed E-state index contributed by atoms with van der Waals surface area (Å²) in [5.41, 5.74) is 21.6. The van der Waals surface area contributed by atoms with Gasteiger partial charge in [0.1, 0.15) is 0 Å². The van der Waals surface area contributed by atoms with Gasteiger partial charge < -0.3 is 18.3 Å². The zero-order chi connectivity index (χ0) is 76.3. The van der Waals surface area contributed by atoms with E-state index in [9.17, 15) is 0 Å². The first-order chi connectivity index (χ1) is 57.5. The quantitative estimate of drug-likeness (QED) is 0.136. The third-order valence-electron chi connectivity index (χ3n) is 23.2. The van der Waals surface area contributed by atoms with Crippen molar-refractivity contribution in [1.29, 1.82) is 0 Å². The number of para-hydroxylation sites is 6.